The van der Waals surface area contributed by atoms with Gasteiger partial charge in [0.05, 0.1) is 29.2 Å². The van der Waals surface area contributed by atoms with Crippen LogP contribution in [-0.2, 0) is 24.8 Å². The first-order valence-corrected chi connectivity index (χ1v) is 13.4. The Balaban J connectivity index is 2.66. The molecule has 8 nitrogen and oxygen atoms in total. The summed E-state index contributed by atoms with van der Waals surface area (Å²) < 4.78 is 59.2. The van der Waals surface area contributed by atoms with Crippen molar-refractivity contribution < 1.29 is 26.4 Å². The molecule has 0 aliphatic heterocycles. The lowest BCUT2D eigenvalue weighted by Crippen LogP contribution is -2.18. The molecule has 0 amide bonds. The number of esters is 1. The molecule has 2 rings (SSSR count). The van der Waals surface area contributed by atoms with Crippen molar-refractivity contribution in [2.75, 3.05) is 22.8 Å². The van der Waals surface area contributed by atoms with Crippen molar-refractivity contribution in [2.24, 2.45) is 0 Å². The molecule has 1 aromatic heterocycles. The molecule has 30 heavy (non-hydrogen) atoms. The van der Waals surface area contributed by atoms with Gasteiger partial charge in [0.1, 0.15) is 0 Å². The van der Waals surface area contributed by atoms with Crippen molar-refractivity contribution in [1.29, 1.82) is 0 Å². The van der Waals surface area contributed by atoms with Crippen LogP contribution in [0.2, 0.25) is 0 Å². The number of rotatable bonds is 11. The number of hydrogen-bond acceptors (Lipinski definition) is 6. The second-order valence-corrected chi connectivity index (χ2v) is 10.9. The molecule has 1 heterocycles. The van der Waals surface area contributed by atoms with Crippen molar-refractivity contribution >= 4 is 42.6 Å². The van der Waals surface area contributed by atoms with Crippen LogP contribution in [0.15, 0.2) is 18.2 Å². The van der Waals surface area contributed by atoms with Crippen molar-refractivity contribution in [3.05, 3.63) is 29.5 Å². The lowest BCUT2D eigenvalue weighted by molar-refractivity contribution is 0.0528. The quantitative estimate of drug-likeness (QED) is 0.515. The Morgan fingerprint density at radius 3 is 2.27 bits per heavy atom. The first-order valence-electron chi connectivity index (χ1n) is 10.1. The van der Waals surface area contributed by atoms with Gasteiger partial charge in [-0.25, -0.2) is 25.6 Å². The maximum absolute atomic E-state index is 13.0. The summed E-state index contributed by atoms with van der Waals surface area (Å²) in [7, 11) is -7.24. The second kappa shape index (κ2) is 9.82. The van der Waals surface area contributed by atoms with Gasteiger partial charge in [-0.1, -0.05) is 26.7 Å². The highest BCUT2D eigenvalue weighted by Gasteiger charge is 2.27. The molecular weight excluding hydrogens is 428 g/mol. The van der Waals surface area contributed by atoms with E-state index in [9.17, 15) is 21.6 Å². The minimum absolute atomic E-state index is 0.0162. The molecule has 0 saturated carbocycles. The second-order valence-electron chi connectivity index (χ2n) is 7.12. The number of unbranched alkanes of at least 4 members (excludes halogenated alkanes) is 2. The van der Waals surface area contributed by atoms with Crippen LogP contribution < -0.4 is 4.72 Å². The van der Waals surface area contributed by atoms with Crippen LogP contribution in [0.4, 0.5) is 5.69 Å². The molecule has 0 fully saturated rings. The van der Waals surface area contributed by atoms with Crippen molar-refractivity contribution in [3.8, 4) is 0 Å². The molecule has 0 saturated heterocycles. The number of benzene rings is 1. The fourth-order valence-corrected chi connectivity index (χ4v) is 6.32. The number of aromatic nitrogens is 1. The highest BCUT2D eigenvalue weighted by Crippen LogP contribution is 2.31. The van der Waals surface area contributed by atoms with Crippen molar-refractivity contribution in [1.82, 2.24) is 3.97 Å². The summed E-state index contributed by atoms with van der Waals surface area (Å²) in [6, 6.07) is 4.52. The number of anilines is 1. The topological polar surface area (TPSA) is 112 Å². The number of carbonyl (C=O) groups excluding carboxylic acids is 1. The Bertz CT molecular complexity index is 1120. The van der Waals surface area contributed by atoms with Crippen LogP contribution in [0.3, 0.4) is 0 Å². The molecule has 0 bridgehead atoms. The maximum Gasteiger partial charge on any atom is 0.340 e. The average molecular weight is 459 g/mol. The molecule has 0 atom stereocenters. The summed E-state index contributed by atoms with van der Waals surface area (Å²) in [6.07, 6.45) is 2.47. The zero-order valence-electron chi connectivity index (χ0n) is 17.9. The Morgan fingerprint density at radius 1 is 1.03 bits per heavy atom. The van der Waals surface area contributed by atoms with Gasteiger partial charge in [-0.3, -0.25) is 4.72 Å². The number of ether oxygens (including phenoxy) is 1. The average Bonchev–Trinajstić information content (AvgIpc) is 2.96. The lowest BCUT2D eigenvalue weighted by atomic mass is 10.1. The zero-order valence-corrected chi connectivity index (χ0v) is 19.5. The smallest absolute Gasteiger partial charge is 0.340 e. The van der Waals surface area contributed by atoms with E-state index in [0.717, 1.165) is 6.42 Å². The third-order valence-electron chi connectivity index (χ3n) is 4.70. The molecule has 0 radical (unpaired) electrons. The molecule has 0 spiro atoms. The minimum atomic E-state index is -3.70. The van der Waals surface area contributed by atoms with Gasteiger partial charge in [0, 0.05) is 16.8 Å². The Kier molecular flexibility index (Phi) is 7.93. The van der Waals surface area contributed by atoms with E-state index in [1.165, 1.54) is 22.2 Å². The van der Waals surface area contributed by atoms with Gasteiger partial charge < -0.3 is 4.74 Å². The monoisotopic (exact) mass is 458 g/mol. The van der Waals surface area contributed by atoms with E-state index >= 15 is 0 Å². The highest BCUT2D eigenvalue weighted by molar-refractivity contribution is 7.92. The third-order valence-corrected chi connectivity index (χ3v) is 7.91. The number of hydrogen-bond donors (Lipinski definition) is 1. The van der Waals surface area contributed by atoms with Gasteiger partial charge in [0.25, 0.3) is 0 Å². The maximum atomic E-state index is 13.0. The van der Waals surface area contributed by atoms with Crippen LogP contribution in [0.25, 0.3) is 10.9 Å². The van der Waals surface area contributed by atoms with Crippen LogP contribution in [-0.4, -0.2) is 44.9 Å². The summed E-state index contributed by atoms with van der Waals surface area (Å²) in [6.45, 7) is 7.16. The van der Waals surface area contributed by atoms with Gasteiger partial charge in [-0.05, 0) is 44.9 Å². The highest BCUT2D eigenvalue weighted by atomic mass is 32.2. The van der Waals surface area contributed by atoms with E-state index in [1.54, 1.807) is 13.8 Å². The first-order chi connectivity index (χ1) is 14.1. The summed E-state index contributed by atoms with van der Waals surface area (Å²) in [4.78, 5) is 12.6. The molecular formula is C20H30N2O6S2. The molecule has 0 aliphatic rings. The van der Waals surface area contributed by atoms with E-state index in [-0.39, 0.29) is 35.1 Å². The molecule has 2 aromatic rings. The van der Waals surface area contributed by atoms with Gasteiger partial charge in [-0.15, -0.1) is 0 Å². The Morgan fingerprint density at radius 2 is 1.67 bits per heavy atom. The molecule has 0 aliphatic carbocycles. The zero-order chi connectivity index (χ0) is 22.5. The van der Waals surface area contributed by atoms with Crippen LogP contribution in [0.1, 0.15) is 62.5 Å². The van der Waals surface area contributed by atoms with Gasteiger partial charge >= 0.3 is 5.97 Å². The summed E-state index contributed by atoms with van der Waals surface area (Å²) >= 11 is 0. The van der Waals surface area contributed by atoms with Crippen molar-refractivity contribution in [3.63, 3.8) is 0 Å². The molecule has 168 valence electrons. The van der Waals surface area contributed by atoms with Crippen LogP contribution in [0, 0.1) is 6.92 Å². The van der Waals surface area contributed by atoms with E-state index in [4.69, 9.17) is 4.74 Å². The molecule has 1 aromatic carbocycles. The number of nitrogens with zero attached hydrogens (tertiary/aromatic N) is 1. The predicted molar refractivity (Wildman–Crippen MR) is 119 cm³/mol. The SMILES string of the molecule is CCCCS(=O)(=O)Nc1ccc2c(c1)c(C(=O)OCC)c(C)n2S(=O)(=O)CCCC. The van der Waals surface area contributed by atoms with E-state index in [0.29, 0.717) is 30.2 Å². The lowest BCUT2D eigenvalue weighted by Gasteiger charge is -2.10. The van der Waals surface area contributed by atoms with Crippen LogP contribution >= 0.6 is 0 Å². The summed E-state index contributed by atoms with van der Waals surface area (Å²) in [5.74, 6) is -0.713. The molecule has 0 unspecified atom stereocenters. The van der Waals surface area contributed by atoms with Crippen molar-refractivity contribution in [2.45, 2.75) is 53.4 Å². The number of fused-ring (bicyclic) bond motifs is 1. The molecule has 1 N–H and O–H groups in total. The largest absolute Gasteiger partial charge is 0.462 e. The number of nitrogens with one attached hydrogen (secondary N) is 1. The Hall–Kier alpha value is -2.07. The normalized spacial score (nSPS) is 12.3. The van der Waals surface area contributed by atoms with Gasteiger partial charge in [0.15, 0.2) is 0 Å². The fraction of sp³-hybridized carbons (Fsp3) is 0.550. The standard InChI is InChI=1S/C20H30N2O6S2/c1-5-8-12-29(24,25)21-16-10-11-18-17(14-16)19(20(23)28-7-3)15(4)22(18)30(26,27)13-9-6-2/h10-11,14,21H,5-9,12-13H2,1-4H3. The Labute approximate surface area is 178 Å². The first kappa shape index (κ1) is 24.2. The number of sulfonamides is 1. The predicted octanol–water partition coefficient (Wildman–Crippen LogP) is 3.65. The number of carbonyl (C=O) groups is 1. The third kappa shape index (κ3) is 5.34. The fourth-order valence-electron chi connectivity index (χ4n) is 3.26. The van der Waals surface area contributed by atoms with Crippen LogP contribution in [0.5, 0.6) is 0 Å². The minimum Gasteiger partial charge on any atom is -0.462 e. The van der Waals surface area contributed by atoms with E-state index < -0.39 is 26.0 Å². The van der Waals surface area contributed by atoms with E-state index in [2.05, 4.69) is 4.72 Å². The summed E-state index contributed by atoms with van der Waals surface area (Å²) in [5.41, 5.74) is 0.975. The summed E-state index contributed by atoms with van der Waals surface area (Å²) in [5, 5.41) is 0.335. The van der Waals surface area contributed by atoms with E-state index in [1.807, 2.05) is 13.8 Å². The molecule has 10 heteroatoms. The van der Waals surface area contributed by atoms with Gasteiger partial charge in [0.2, 0.25) is 20.0 Å². The van der Waals surface area contributed by atoms with Gasteiger partial charge in [-0.2, -0.15) is 0 Å².